The van der Waals surface area contributed by atoms with Crippen LogP contribution in [0, 0.1) is 11.8 Å². The van der Waals surface area contributed by atoms with Gasteiger partial charge in [0.05, 0.1) is 20.3 Å². The first-order chi connectivity index (χ1) is 9.13. The Bertz CT molecular complexity index is 404. The summed E-state index contributed by atoms with van der Waals surface area (Å²) >= 11 is 1.63. The maximum Gasteiger partial charge on any atom is 0.0914 e. The molecule has 1 N–H and O–H groups in total. The maximum absolute atomic E-state index is 12.8. The van der Waals surface area contributed by atoms with Gasteiger partial charge in [0.25, 0.3) is 0 Å². The highest BCUT2D eigenvalue weighted by atomic mass is 32.2. The minimum absolute atomic E-state index is 0.265. The second-order valence-corrected chi connectivity index (χ2v) is 8.59. The van der Waals surface area contributed by atoms with Gasteiger partial charge < -0.3 is 5.32 Å². The van der Waals surface area contributed by atoms with Crippen molar-refractivity contribution in [3.8, 4) is 0 Å². The summed E-state index contributed by atoms with van der Waals surface area (Å²) in [7, 11) is -0.861. The average molecular weight is 300 g/mol. The molecule has 1 aromatic rings. The highest BCUT2D eigenvalue weighted by molar-refractivity contribution is 7.88. The first-order valence-corrected chi connectivity index (χ1v) is 9.40. The molecule has 2 nitrogen and oxygen atoms in total. The van der Waals surface area contributed by atoms with Crippen molar-refractivity contribution in [1.29, 1.82) is 0 Å². The third kappa shape index (κ3) is 3.67. The highest BCUT2D eigenvalue weighted by Crippen LogP contribution is 2.35. The monoisotopic (exact) mass is 299 g/mol. The Kier molecular flexibility index (Phi) is 5.60. The van der Waals surface area contributed by atoms with Gasteiger partial charge in [-0.1, -0.05) is 26.8 Å². The van der Waals surface area contributed by atoms with Crippen molar-refractivity contribution in [2.75, 3.05) is 6.54 Å². The first kappa shape index (κ1) is 15.2. The molecule has 108 valence electrons. The van der Waals surface area contributed by atoms with E-state index in [9.17, 15) is 4.21 Å². The van der Waals surface area contributed by atoms with E-state index in [1.165, 1.54) is 6.42 Å². The molecule has 1 aliphatic rings. The molecule has 4 heteroatoms. The zero-order valence-electron chi connectivity index (χ0n) is 12.1. The fourth-order valence-electron chi connectivity index (χ4n) is 3.23. The van der Waals surface area contributed by atoms with E-state index in [-0.39, 0.29) is 5.25 Å². The molecule has 1 fully saturated rings. The predicted octanol–water partition coefficient (Wildman–Crippen LogP) is 3.66. The van der Waals surface area contributed by atoms with Gasteiger partial charge in [-0.15, -0.1) is 11.3 Å². The lowest BCUT2D eigenvalue weighted by molar-refractivity contribution is 0.246. The van der Waals surface area contributed by atoms with Gasteiger partial charge in [-0.25, -0.2) is 0 Å². The zero-order chi connectivity index (χ0) is 13.8. The van der Waals surface area contributed by atoms with Crippen LogP contribution in [0.25, 0.3) is 0 Å². The van der Waals surface area contributed by atoms with Gasteiger partial charge >= 0.3 is 0 Å². The van der Waals surface area contributed by atoms with Crippen LogP contribution in [0.2, 0.25) is 0 Å². The summed E-state index contributed by atoms with van der Waals surface area (Å²) in [6.45, 7) is 7.81. The van der Waals surface area contributed by atoms with Crippen LogP contribution >= 0.6 is 11.3 Å². The topological polar surface area (TPSA) is 29.1 Å². The normalized spacial score (nSPS) is 33.2. The van der Waals surface area contributed by atoms with Crippen molar-refractivity contribution >= 4 is 22.1 Å². The Hall–Kier alpha value is -0.190. The third-order valence-corrected chi connectivity index (χ3v) is 7.25. The Labute approximate surface area is 123 Å². The minimum atomic E-state index is -0.861. The molecule has 1 saturated carbocycles. The SMILES string of the molecule is CCCNC1CC(C)CC(C)C1S(=O)c1cccs1. The largest absolute Gasteiger partial charge is 0.313 e. The van der Waals surface area contributed by atoms with E-state index in [0.717, 1.165) is 29.5 Å². The number of rotatable bonds is 5. The van der Waals surface area contributed by atoms with Crippen molar-refractivity contribution in [2.45, 2.75) is 55.5 Å². The molecule has 2 rings (SSSR count). The van der Waals surface area contributed by atoms with Crippen molar-refractivity contribution in [3.63, 3.8) is 0 Å². The Morgan fingerprint density at radius 1 is 1.42 bits per heavy atom. The van der Waals surface area contributed by atoms with E-state index in [4.69, 9.17) is 0 Å². The summed E-state index contributed by atoms with van der Waals surface area (Å²) in [6, 6.07) is 4.42. The lowest BCUT2D eigenvalue weighted by atomic mass is 9.80. The van der Waals surface area contributed by atoms with E-state index in [0.29, 0.717) is 12.0 Å². The molecule has 0 aromatic carbocycles. The van der Waals surface area contributed by atoms with Gasteiger partial charge in [0.1, 0.15) is 0 Å². The van der Waals surface area contributed by atoms with E-state index >= 15 is 0 Å². The standard InChI is InChI=1S/C15H25NOS2/c1-4-7-16-13-10-11(2)9-12(3)15(13)19(17)14-6-5-8-18-14/h5-6,8,11-13,15-16H,4,7,9-10H2,1-3H3. The fourth-order valence-corrected chi connectivity index (χ4v) is 6.08. The summed E-state index contributed by atoms with van der Waals surface area (Å²) in [5, 5.41) is 5.93. The summed E-state index contributed by atoms with van der Waals surface area (Å²) < 4.78 is 13.9. The lowest BCUT2D eigenvalue weighted by Gasteiger charge is -2.39. The molecule has 0 spiro atoms. The minimum Gasteiger partial charge on any atom is -0.313 e. The number of hydrogen-bond acceptors (Lipinski definition) is 3. The van der Waals surface area contributed by atoms with E-state index in [1.54, 1.807) is 11.3 Å². The number of hydrogen-bond donors (Lipinski definition) is 1. The van der Waals surface area contributed by atoms with E-state index < -0.39 is 10.8 Å². The molecule has 1 heterocycles. The molecule has 0 bridgehead atoms. The molecule has 1 aliphatic carbocycles. The Morgan fingerprint density at radius 3 is 2.84 bits per heavy atom. The first-order valence-electron chi connectivity index (χ1n) is 7.31. The maximum atomic E-state index is 12.8. The van der Waals surface area contributed by atoms with E-state index in [2.05, 4.69) is 26.1 Å². The molecule has 0 amide bonds. The van der Waals surface area contributed by atoms with Gasteiger partial charge in [-0.05, 0) is 49.1 Å². The summed E-state index contributed by atoms with van der Waals surface area (Å²) in [4.78, 5) is 0. The second kappa shape index (κ2) is 7.00. The van der Waals surface area contributed by atoms with Crippen LogP contribution < -0.4 is 5.32 Å². The molecule has 0 radical (unpaired) electrons. The quantitative estimate of drug-likeness (QED) is 0.899. The smallest absolute Gasteiger partial charge is 0.0914 e. The Balaban J connectivity index is 2.15. The second-order valence-electron chi connectivity index (χ2n) is 5.81. The van der Waals surface area contributed by atoms with Gasteiger partial charge in [-0.2, -0.15) is 0 Å². The number of nitrogens with one attached hydrogen (secondary N) is 1. The van der Waals surface area contributed by atoms with Gasteiger partial charge in [-0.3, -0.25) is 4.21 Å². The van der Waals surface area contributed by atoms with Crippen LogP contribution in [-0.2, 0) is 10.8 Å². The fraction of sp³-hybridized carbons (Fsp3) is 0.733. The summed E-state index contributed by atoms with van der Waals surface area (Å²) in [5.41, 5.74) is 0. The van der Waals surface area contributed by atoms with Crippen molar-refractivity contribution in [2.24, 2.45) is 11.8 Å². The highest BCUT2D eigenvalue weighted by Gasteiger charge is 2.38. The molecule has 5 atom stereocenters. The van der Waals surface area contributed by atoms with Gasteiger partial charge in [0.2, 0.25) is 0 Å². The zero-order valence-corrected chi connectivity index (χ0v) is 13.7. The summed E-state index contributed by atoms with van der Waals surface area (Å²) in [6.07, 6.45) is 3.50. The summed E-state index contributed by atoms with van der Waals surface area (Å²) in [5.74, 6) is 1.27. The van der Waals surface area contributed by atoms with Crippen LogP contribution in [0.15, 0.2) is 21.7 Å². The molecular formula is C15H25NOS2. The molecule has 5 unspecified atom stereocenters. The van der Waals surface area contributed by atoms with Crippen molar-refractivity contribution in [1.82, 2.24) is 5.32 Å². The van der Waals surface area contributed by atoms with Gasteiger partial charge in [0.15, 0.2) is 0 Å². The lowest BCUT2D eigenvalue weighted by Crippen LogP contribution is -2.50. The van der Waals surface area contributed by atoms with Crippen molar-refractivity contribution in [3.05, 3.63) is 17.5 Å². The average Bonchev–Trinajstić information content (AvgIpc) is 2.88. The predicted molar refractivity (Wildman–Crippen MR) is 84.2 cm³/mol. The van der Waals surface area contributed by atoms with Crippen LogP contribution in [-0.4, -0.2) is 22.0 Å². The van der Waals surface area contributed by atoms with Crippen LogP contribution in [0.5, 0.6) is 0 Å². The van der Waals surface area contributed by atoms with Crippen LogP contribution in [0.1, 0.15) is 40.0 Å². The number of thiophene rings is 1. The molecule has 1 aromatic heterocycles. The van der Waals surface area contributed by atoms with Crippen molar-refractivity contribution < 1.29 is 4.21 Å². The van der Waals surface area contributed by atoms with Crippen LogP contribution in [0.3, 0.4) is 0 Å². The molecule has 0 saturated heterocycles. The molecule has 19 heavy (non-hydrogen) atoms. The van der Waals surface area contributed by atoms with Gasteiger partial charge in [0, 0.05) is 6.04 Å². The Morgan fingerprint density at radius 2 is 2.21 bits per heavy atom. The molecule has 0 aliphatic heterocycles. The molecular weight excluding hydrogens is 274 g/mol. The third-order valence-electron chi connectivity index (χ3n) is 3.98. The van der Waals surface area contributed by atoms with E-state index in [1.807, 2.05) is 17.5 Å². The van der Waals surface area contributed by atoms with Crippen LogP contribution in [0.4, 0.5) is 0 Å².